The van der Waals surface area contributed by atoms with Gasteiger partial charge in [0.25, 0.3) is 5.56 Å². The van der Waals surface area contributed by atoms with Gasteiger partial charge in [0.05, 0.1) is 32.8 Å². The van der Waals surface area contributed by atoms with Gasteiger partial charge in [-0.05, 0) is 24.6 Å². The third kappa shape index (κ3) is 3.48. The van der Waals surface area contributed by atoms with Gasteiger partial charge >= 0.3 is 6.18 Å². The van der Waals surface area contributed by atoms with Crippen molar-refractivity contribution in [3.05, 3.63) is 56.3 Å². The number of nitriles is 1. The smallest absolute Gasteiger partial charge is 0.306 e. The van der Waals surface area contributed by atoms with Crippen molar-refractivity contribution in [1.29, 1.82) is 5.26 Å². The Bertz CT molecular complexity index is 1170. The summed E-state index contributed by atoms with van der Waals surface area (Å²) in [6.07, 6.45) is -3.36. The Balaban J connectivity index is 2.33. The molecule has 0 aliphatic heterocycles. The van der Waals surface area contributed by atoms with Gasteiger partial charge in [0.2, 0.25) is 0 Å². The van der Waals surface area contributed by atoms with Crippen LogP contribution in [0.1, 0.15) is 18.1 Å². The second-order valence-corrected chi connectivity index (χ2v) is 7.12. The number of aromatic nitrogens is 1. The summed E-state index contributed by atoms with van der Waals surface area (Å²) in [6, 6.07) is 5.33. The van der Waals surface area contributed by atoms with Crippen LogP contribution in [-0.4, -0.2) is 10.4 Å². The molecular weight excluding hydrogens is 401 g/mol. The van der Waals surface area contributed by atoms with E-state index in [0.717, 1.165) is 28.0 Å². The number of hydrogen-bond donors (Lipinski definition) is 0. The van der Waals surface area contributed by atoms with Gasteiger partial charge < -0.3 is 4.57 Å². The summed E-state index contributed by atoms with van der Waals surface area (Å²) in [4.78, 5) is 24.2. The van der Waals surface area contributed by atoms with E-state index in [0.29, 0.717) is 4.70 Å². The quantitative estimate of drug-likeness (QED) is 0.619. The van der Waals surface area contributed by atoms with Gasteiger partial charge in [0.15, 0.2) is 0 Å². The Hall–Kier alpha value is -2.63. The Morgan fingerprint density at radius 1 is 1.37 bits per heavy atom. The molecule has 1 aromatic carbocycles. The molecule has 9 heteroatoms. The predicted molar refractivity (Wildman–Crippen MR) is 96.9 cm³/mol. The van der Waals surface area contributed by atoms with E-state index in [-0.39, 0.29) is 34.4 Å². The molecule has 0 bridgehead atoms. The van der Waals surface area contributed by atoms with E-state index >= 15 is 0 Å². The number of carbonyl (C=O) groups is 1. The van der Waals surface area contributed by atoms with Gasteiger partial charge in [-0.3, -0.25) is 9.59 Å². The van der Waals surface area contributed by atoms with E-state index in [1.807, 2.05) is 6.07 Å². The summed E-state index contributed by atoms with van der Waals surface area (Å²) in [5, 5.41) is 10.5. The molecule has 27 heavy (non-hydrogen) atoms. The van der Waals surface area contributed by atoms with Crippen molar-refractivity contribution >= 4 is 38.8 Å². The predicted octanol–water partition coefficient (Wildman–Crippen LogP) is 4.86. The summed E-state index contributed by atoms with van der Waals surface area (Å²) in [6.45, 7) is 1.07. The Morgan fingerprint density at radius 3 is 2.67 bits per heavy atom. The molecule has 0 aliphatic carbocycles. The van der Waals surface area contributed by atoms with Crippen LogP contribution in [0.25, 0.3) is 21.2 Å². The van der Waals surface area contributed by atoms with Crippen LogP contribution in [0.3, 0.4) is 0 Å². The molecule has 0 N–H and O–H groups in total. The number of thiophene rings is 1. The van der Waals surface area contributed by atoms with Gasteiger partial charge in [-0.2, -0.15) is 18.4 Å². The number of halogens is 4. The van der Waals surface area contributed by atoms with Gasteiger partial charge in [0, 0.05) is 17.1 Å². The van der Waals surface area contributed by atoms with Crippen LogP contribution in [0, 0.1) is 11.3 Å². The van der Waals surface area contributed by atoms with Gasteiger partial charge in [0.1, 0.15) is 11.9 Å². The topological polar surface area (TPSA) is 62.9 Å². The fourth-order valence-corrected chi connectivity index (χ4v) is 4.00. The van der Waals surface area contributed by atoms with E-state index in [9.17, 15) is 28.0 Å². The normalized spacial score (nSPS) is 11.6. The van der Waals surface area contributed by atoms with Crippen LogP contribution < -0.4 is 5.56 Å². The average molecular weight is 411 g/mol. The molecule has 0 fully saturated rings. The summed E-state index contributed by atoms with van der Waals surface area (Å²) < 4.78 is 40.9. The maximum Gasteiger partial charge on any atom is 0.417 e. The largest absolute Gasteiger partial charge is 0.417 e. The fourth-order valence-electron chi connectivity index (χ4n) is 2.74. The third-order valence-electron chi connectivity index (χ3n) is 3.89. The highest BCUT2D eigenvalue weighted by atomic mass is 35.5. The zero-order chi connectivity index (χ0) is 19.9. The molecule has 0 spiro atoms. The van der Waals surface area contributed by atoms with Crippen LogP contribution in [-0.2, 0) is 17.5 Å². The number of carbonyl (C=O) groups excluding carboxylic acids is 1. The monoisotopic (exact) mass is 410 g/mol. The van der Waals surface area contributed by atoms with Gasteiger partial charge in [-0.25, -0.2) is 0 Å². The van der Waals surface area contributed by atoms with Crippen molar-refractivity contribution in [3.63, 3.8) is 0 Å². The third-order valence-corrected chi connectivity index (χ3v) is 5.23. The molecule has 2 aromatic heterocycles. The van der Waals surface area contributed by atoms with Crippen molar-refractivity contribution in [2.24, 2.45) is 0 Å². The van der Waals surface area contributed by atoms with Crippen molar-refractivity contribution in [2.45, 2.75) is 19.6 Å². The lowest BCUT2D eigenvalue weighted by atomic mass is 10.0. The zero-order valence-corrected chi connectivity index (χ0v) is 15.3. The van der Waals surface area contributed by atoms with Crippen LogP contribution in [0.5, 0.6) is 0 Å². The number of hydrogen-bond acceptors (Lipinski definition) is 4. The molecule has 0 radical (unpaired) electrons. The first kappa shape index (κ1) is 19.1. The molecule has 0 aliphatic rings. The molecule has 3 aromatic rings. The first-order valence-electron chi connectivity index (χ1n) is 7.54. The van der Waals surface area contributed by atoms with Crippen LogP contribution in [0.4, 0.5) is 13.2 Å². The van der Waals surface area contributed by atoms with Crippen LogP contribution in [0.2, 0.25) is 5.02 Å². The van der Waals surface area contributed by atoms with E-state index in [2.05, 4.69) is 0 Å². The molecule has 0 atom stereocenters. The highest BCUT2D eigenvalue weighted by Crippen LogP contribution is 2.40. The Labute approximate surface area is 160 Å². The Morgan fingerprint density at radius 2 is 2.07 bits per heavy atom. The van der Waals surface area contributed by atoms with E-state index in [1.165, 1.54) is 24.6 Å². The van der Waals surface area contributed by atoms with Gasteiger partial charge in [-0.15, -0.1) is 11.3 Å². The lowest BCUT2D eigenvalue weighted by Crippen LogP contribution is -2.23. The molecular formula is C18H10ClF3N2O2S. The van der Waals surface area contributed by atoms with Crippen molar-refractivity contribution in [3.8, 4) is 17.2 Å². The minimum absolute atomic E-state index is 0.107. The number of ketones is 1. The summed E-state index contributed by atoms with van der Waals surface area (Å²) >= 11 is 6.74. The lowest BCUT2D eigenvalue weighted by molar-refractivity contribution is -0.137. The molecule has 2 heterocycles. The van der Waals surface area contributed by atoms with Crippen molar-refractivity contribution in [1.82, 2.24) is 4.57 Å². The standard InChI is InChI=1S/C18H10ClF3N2O2S/c1-9(25)6-24-7-11(5-23)16-15(17(24)26)12(8-27-16)10-2-3-14(19)13(4-10)18(20,21)22/h2-4,7-8H,6H2,1H3. The van der Waals surface area contributed by atoms with Gasteiger partial charge in [-0.1, -0.05) is 17.7 Å². The first-order chi connectivity index (χ1) is 12.6. The maximum absolute atomic E-state index is 13.2. The van der Waals surface area contributed by atoms with Crippen LogP contribution >= 0.6 is 22.9 Å². The second-order valence-electron chi connectivity index (χ2n) is 5.84. The molecule has 0 unspecified atom stereocenters. The number of Topliss-reactive ketones (excluding diaryl/α,β-unsaturated/α-hetero) is 1. The summed E-state index contributed by atoms with van der Waals surface area (Å²) in [7, 11) is 0. The lowest BCUT2D eigenvalue weighted by Gasteiger charge is -2.11. The number of nitrogens with zero attached hydrogens (tertiary/aromatic N) is 2. The number of pyridine rings is 1. The number of alkyl halides is 3. The molecule has 0 amide bonds. The van der Waals surface area contributed by atoms with E-state index < -0.39 is 22.3 Å². The first-order valence-corrected chi connectivity index (χ1v) is 8.80. The minimum atomic E-state index is -4.65. The molecule has 4 nitrogen and oxygen atoms in total. The fraction of sp³-hybridized carbons (Fsp3) is 0.167. The molecule has 0 saturated carbocycles. The SMILES string of the molecule is CC(=O)Cn1cc(C#N)c2scc(-c3ccc(Cl)c(C(F)(F)F)c3)c2c1=O. The molecule has 138 valence electrons. The zero-order valence-electron chi connectivity index (χ0n) is 13.7. The minimum Gasteiger partial charge on any atom is -0.306 e. The van der Waals surface area contributed by atoms with Crippen molar-refractivity contribution < 1.29 is 18.0 Å². The second kappa shape index (κ2) is 6.83. The van der Waals surface area contributed by atoms with E-state index in [4.69, 9.17) is 11.6 Å². The van der Waals surface area contributed by atoms with E-state index in [1.54, 1.807) is 0 Å². The van der Waals surface area contributed by atoms with Crippen LogP contribution in [0.15, 0.2) is 34.6 Å². The number of rotatable bonds is 3. The van der Waals surface area contributed by atoms with Crippen molar-refractivity contribution in [2.75, 3.05) is 0 Å². The Kier molecular flexibility index (Phi) is 4.84. The molecule has 0 saturated heterocycles. The maximum atomic E-state index is 13.2. The molecule has 3 rings (SSSR count). The highest BCUT2D eigenvalue weighted by molar-refractivity contribution is 7.18. The average Bonchev–Trinajstić information content (AvgIpc) is 3.02. The summed E-state index contributed by atoms with van der Waals surface area (Å²) in [5.41, 5.74) is -0.969. The highest BCUT2D eigenvalue weighted by Gasteiger charge is 2.33. The number of benzene rings is 1. The number of fused-ring (bicyclic) bond motifs is 1. The summed E-state index contributed by atoms with van der Waals surface area (Å²) in [5.74, 6) is -0.289.